The van der Waals surface area contributed by atoms with E-state index >= 15 is 0 Å². The van der Waals surface area contributed by atoms with Crippen LogP contribution in [0.1, 0.15) is 26.2 Å². The number of aliphatic hydroxyl groups is 1. The highest BCUT2D eigenvalue weighted by molar-refractivity contribution is 4.79. The molecule has 0 aromatic rings. The maximum Gasteiger partial charge on any atom is 0.0445 e. The first-order valence-electron chi connectivity index (χ1n) is 3.70. The lowest BCUT2D eigenvalue weighted by Gasteiger charge is -2.08. The van der Waals surface area contributed by atoms with Crippen molar-refractivity contribution >= 4 is 0 Å². The quantitative estimate of drug-likeness (QED) is 0.569. The molecule has 0 aliphatic carbocycles. The normalized spacial score (nSPS) is 35.3. The van der Waals surface area contributed by atoms with Crippen molar-refractivity contribution in [2.24, 2.45) is 0 Å². The van der Waals surface area contributed by atoms with Gasteiger partial charge in [0.05, 0.1) is 0 Å². The third-order valence-electron chi connectivity index (χ3n) is 1.95. The summed E-state index contributed by atoms with van der Waals surface area (Å²) in [5.41, 5.74) is 0. The van der Waals surface area contributed by atoms with E-state index in [1.807, 2.05) is 0 Å². The molecule has 0 radical (unpaired) electrons. The van der Waals surface area contributed by atoms with Gasteiger partial charge in [0.25, 0.3) is 0 Å². The lowest BCUT2D eigenvalue weighted by molar-refractivity contribution is 0.269. The van der Waals surface area contributed by atoms with Crippen LogP contribution in [0.2, 0.25) is 0 Å². The van der Waals surface area contributed by atoms with Gasteiger partial charge in [-0.3, -0.25) is 0 Å². The SMILES string of the molecule is CC1CCC(CCO)N1. The highest BCUT2D eigenvalue weighted by atomic mass is 16.3. The molecule has 54 valence electrons. The number of aliphatic hydroxyl groups excluding tert-OH is 1. The molecule has 1 rings (SSSR count). The number of hydrogen-bond donors (Lipinski definition) is 2. The molecule has 2 nitrogen and oxygen atoms in total. The van der Waals surface area contributed by atoms with E-state index in [1.54, 1.807) is 0 Å². The monoisotopic (exact) mass is 129 g/mol. The van der Waals surface area contributed by atoms with Gasteiger partial charge >= 0.3 is 0 Å². The van der Waals surface area contributed by atoms with Crippen molar-refractivity contribution in [2.45, 2.75) is 38.3 Å². The van der Waals surface area contributed by atoms with Gasteiger partial charge in [0.1, 0.15) is 0 Å². The zero-order valence-corrected chi connectivity index (χ0v) is 5.93. The molecular formula is C7H15NO. The van der Waals surface area contributed by atoms with E-state index in [4.69, 9.17) is 5.11 Å². The Balaban J connectivity index is 2.14. The molecule has 1 heterocycles. The maximum absolute atomic E-state index is 8.57. The largest absolute Gasteiger partial charge is 0.396 e. The Hall–Kier alpha value is -0.0800. The number of rotatable bonds is 2. The molecule has 0 aromatic carbocycles. The molecule has 0 spiro atoms. The summed E-state index contributed by atoms with van der Waals surface area (Å²) in [6.07, 6.45) is 3.43. The third kappa shape index (κ3) is 1.95. The first kappa shape index (κ1) is 7.03. The predicted octanol–water partition coefficient (Wildman–Crippen LogP) is 0.509. The average molecular weight is 129 g/mol. The Labute approximate surface area is 56.3 Å². The van der Waals surface area contributed by atoms with Crippen LogP contribution in [0.4, 0.5) is 0 Å². The Bertz CT molecular complexity index is 83.0. The van der Waals surface area contributed by atoms with E-state index in [0.29, 0.717) is 18.7 Å². The molecule has 0 aromatic heterocycles. The molecule has 1 aliphatic rings. The standard InChI is InChI=1S/C7H15NO/c1-6-2-3-7(8-6)4-5-9/h6-9H,2-5H2,1H3. The van der Waals surface area contributed by atoms with Gasteiger partial charge in [-0.05, 0) is 26.2 Å². The minimum atomic E-state index is 0.324. The summed E-state index contributed by atoms with van der Waals surface area (Å²) in [5, 5.41) is 12.0. The fraction of sp³-hybridized carbons (Fsp3) is 1.00. The predicted molar refractivity (Wildman–Crippen MR) is 37.3 cm³/mol. The van der Waals surface area contributed by atoms with Crippen LogP contribution < -0.4 is 5.32 Å². The molecule has 2 N–H and O–H groups in total. The van der Waals surface area contributed by atoms with Crippen molar-refractivity contribution in [3.8, 4) is 0 Å². The van der Waals surface area contributed by atoms with Crippen LogP contribution in [0.25, 0.3) is 0 Å². The third-order valence-corrected chi connectivity index (χ3v) is 1.95. The van der Waals surface area contributed by atoms with Gasteiger partial charge in [-0.1, -0.05) is 0 Å². The van der Waals surface area contributed by atoms with Gasteiger partial charge in [0.15, 0.2) is 0 Å². The maximum atomic E-state index is 8.57. The van der Waals surface area contributed by atoms with Gasteiger partial charge in [-0.25, -0.2) is 0 Å². The van der Waals surface area contributed by atoms with Crippen LogP contribution in [0.5, 0.6) is 0 Å². The topological polar surface area (TPSA) is 32.3 Å². The van der Waals surface area contributed by atoms with Crippen molar-refractivity contribution in [1.82, 2.24) is 5.32 Å². The summed E-state index contributed by atoms with van der Waals surface area (Å²) in [4.78, 5) is 0. The van der Waals surface area contributed by atoms with Crippen LogP contribution in [0.3, 0.4) is 0 Å². The molecule has 2 unspecified atom stereocenters. The molecule has 1 fully saturated rings. The smallest absolute Gasteiger partial charge is 0.0445 e. The second-order valence-corrected chi connectivity index (χ2v) is 2.85. The zero-order chi connectivity index (χ0) is 6.69. The van der Waals surface area contributed by atoms with Crippen molar-refractivity contribution in [1.29, 1.82) is 0 Å². The lowest BCUT2D eigenvalue weighted by atomic mass is 10.1. The Morgan fingerprint density at radius 1 is 1.56 bits per heavy atom. The molecule has 1 saturated heterocycles. The first-order chi connectivity index (χ1) is 4.33. The van der Waals surface area contributed by atoms with E-state index in [2.05, 4.69) is 12.2 Å². The second-order valence-electron chi connectivity index (χ2n) is 2.85. The second kappa shape index (κ2) is 3.18. The van der Waals surface area contributed by atoms with Crippen molar-refractivity contribution in [3.63, 3.8) is 0 Å². The zero-order valence-electron chi connectivity index (χ0n) is 5.93. The summed E-state index contributed by atoms with van der Waals surface area (Å²) >= 11 is 0. The van der Waals surface area contributed by atoms with Crippen LogP contribution in [-0.2, 0) is 0 Å². The van der Waals surface area contributed by atoms with Crippen LogP contribution in [0.15, 0.2) is 0 Å². The average Bonchev–Trinajstić information content (AvgIpc) is 2.17. The Kier molecular flexibility index (Phi) is 2.49. The van der Waals surface area contributed by atoms with E-state index < -0.39 is 0 Å². The van der Waals surface area contributed by atoms with E-state index in [1.165, 1.54) is 12.8 Å². The molecule has 2 heteroatoms. The Morgan fingerprint density at radius 3 is 2.78 bits per heavy atom. The molecule has 0 amide bonds. The number of hydrogen-bond acceptors (Lipinski definition) is 2. The summed E-state index contributed by atoms with van der Waals surface area (Å²) in [7, 11) is 0. The van der Waals surface area contributed by atoms with E-state index in [9.17, 15) is 0 Å². The molecule has 0 bridgehead atoms. The van der Waals surface area contributed by atoms with Crippen molar-refractivity contribution in [2.75, 3.05) is 6.61 Å². The molecular weight excluding hydrogens is 114 g/mol. The van der Waals surface area contributed by atoms with E-state index in [-0.39, 0.29) is 0 Å². The van der Waals surface area contributed by atoms with Gasteiger partial charge in [0, 0.05) is 18.7 Å². The molecule has 1 aliphatic heterocycles. The fourth-order valence-corrected chi connectivity index (χ4v) is 1.40. The summed E-state index contributed by atoms with van der Waals surface area (Å²) in [5.74, 6) is 0. The lowest BCUT2D eigenvalue weighted by Crippen LogP contribution is -2.27. The highest BCUT2D eigenvalue weighted by Crippen LogP contribution is 2.13. The summed E-state index contributed by atoms with van der Waals surface area (Å²) < 4.78 is 0. The summed E-state index contributed by atoms with van der Waals surface area (Å²) in [6.45, 7) is 2.52. The highest BCUT2D eigenvalue weighted by Gasteiger charge is 2.18. The van der Waals surface area contributed by atoms with Crippen LogP contribution in [0, 0.1) is 0 Å². The Morgan fingerprint density at radius 2 is 2.33 bits per heavy atom. The summed E-state index contributed by atoms with van der Waals surface area (Å²) in [6, 6.07) is 1.26. The van der Waals surface area contributed by atoms with Crippen molar-refractivity contribution < 1.29 is 5.11 Å². The molecule has 0 saturated carbocycles. The van der Waals surface area contributed by atoms with Gasteiger partial charge in [-0.15, -0.1) is 0 Å². The minimum absolute atomic E-state index is 0.324. The van der Waals surface area contributed by atoms with Gasteiger partial charge < -0.3 is 10.4 Å². The van der Waals surface area contributed by atoms with Crippen molar-refractivity contribution in [3.05, 3.63) is 0 Å². The number of nitrogens with one attached hydrogen (secondary N) is 1. The fourth-order valence-electron chi connectivity index (χ4n) is 1.40. The first-order valence-corrected chi connectivity index (χ1v) is 3.70. The van der Waals surface area contributed by atoms with E-state index in [0.717, 1.165) is 6.42 Å². The molecule has 9 heavy (non-hydrogen) atoms. The minimum Gasteiger partial charge on any atom is -0.396 e. The van der Waals surface area contributed by atoms with Crippen LogP contribution in [-0.4, -0.2) is 23.8 Å². The van der Waals surface area contributed by atoms with Crippen LogP contribution >= 0.6 is 0 Å². The van der Waals surface area contributed by atoms with Gasteiger partial charge in [0.2, 0.25) is 0 Å². The molecule has 2 atom stereocenters. The van der Waals surface area contributed by atoms with Gasteiger partial charge in [-0.2, -0.15) is 0 Å².